The van der Waals surface area contributed by atoms with Gasteiger partial charge in [0.05, 0.1) is 0 Å². The van der Waals surface area contributed by atoms with E-state index in [9.17, 15) is 5.11 Å². The van der Waals surface area contributed by atoms with E-state index in [1.807, 2.05) is 11.8 Å². The standard InChI is InChI=1S/C14H19NOS/c16-10-14(4-1-5-14)9-11-2-3-12-13(8-11)17-7-6-15-12/h2-3,8,15-16H,1,4-7,9-10H2. The van der Waals surface area contributed by atoms with Gasteiger partial charge >= 0.3 is 0 Å². The molecule has 0 aromatic heterocycles. The first-order valence-corrected chi connectivity index (χ1v) is 7.40. The second-order valence-corrected chi connectivity index (χ2v) is 6.43. The first-order valence-electron chi connectivity index (χ1n) is 6.42. The number of aliphatic hydroxyl groups is 1. The van der Waals surface area contributed by atoms with Gasteiger partial charge in [0.25, 0.3) is 0 Å². The lowest BCUT2D eigenvalue weighted by molar-refractivity contribution is 0.0450. The molecule has 0 unspecified atom stereocenters. The Bertz CT molecular complexity index is 409. The molecule has 0 amide bonds. The van der Waals surface area contributed by atoms with Crippen LogP contribution in [0.25, 0.3) is 0 Å². The molecule has 1 aliphatic carbocycles. The minimum Gasteiger partial charge on any atom is -0.396 e. The lowest BCUT2D eigenvalue weighted by atomic mass is 9.66. The minimum atomic E-state index is 0.195. The highest BCUT2D eigenvalue weighted by Gasteiger charge is 2.36. The molecule has 2 aliphatic rings. The normalized spacial score (nSPS) is 21.2. The van der Waals surface area contributed by atoms with E-state index in [4.69, 9.17) is 0 Å². The second kappa shape index (κ2) is 4.54. The molecule has 1 aromatic carbocycles. The van der Waals surface area contributed by atoms with Crippen LogP contribution in [-0.4, -0.2) is 24.0 Å². The maximum absolute atomic E-state index is 9.52. The van der Waals surface area contributed by atoms with E-state index in [2.05, 4.69) is 23.5 Å². The zero-order chi connectivity index (χ0) is 11.7. The van der Waals surface area contributed by atoms with E-state index < -0.39 is 0 Å². The van der Waals surface area contributed by atoms with Gasteiger partial charge in [-0.1, -0.05) is 12.5 Å². The second-order valence-electron chi connectivity index (χ2n) is 5.29. The molecule has 0 radical (unpaired) electrons. The van der Waals surface area contributed by atoms with E-state index in [1.165, 1.54) is 35.4 Å². The average Bonchev–Trinajstić information content (AvgIpc) is 2.34. The first-order chi connectivity index (χ1) is 8.31. The molecule has 0 atom stereocenters. The van der Waals surface area contributed by atoms with Crippen LogP contribution in [-0.2, 0) is 6.42 Å². The zero-order valence-electron chi connectivity index (χ0n) is 10.0. The molecule has 92 valence electrons. The van der Waals surface area contributed by atoms with E-state index in [0.29, 0.717) is 6.61 Å². The first kappa shape index (κ1) is 11.4. The van der Waals surface area contributed by atoms with Gasteiger partial charge in [-0.25, -0.2) is 0 Å². The van der Waals surface area contributed by atoms with Crippen molar-refractivity contribution in [1.29, 1.82) is 0 Å². The highest BCUT2D eigenvalue weighted by molar-refractivity contribution is 7.99. The van der Waals surface area contributed by atoms with E-state index >= 15 is 0 Å². The van der Waals surface area contributed by atoms with Crippen LogP contribution in [0.2, 0.25) is 0 Å². The van der Waals surface area contributed by atoms with Crippen LogP contribution in [0, 0.1) is 5.41 Å². The number of hydrogen-bond acceptors (Lipinski definition) is 3. The Morgan fingerprint density at radius 2 is 2.24 bits per heavy atom. The highest BCUT2D eigenvalue weighted by Crippen LogP contribution is 2.44. The van der Waals surface area contributed by atoms with Crippen LogP contribution in [0.1, 0.15) is 24.8 Å². The fourth-order valence-corrected chi connectivity index (χ4v) is 3.74. The van der Waals surface area contributed by atoms with Gasteiger partial charge in [0.15, 0.2) is 0 Å². The molecule has 2 nitrogen and oxygen atoms in total. The molecule has 1 aromatic rings. The van der Waals surface area contributed by atoms with Crippen molar-refractivity contribution < 1.29 is 5.11 Å². The van der Waals surface area contributed by atoms with Gasteiger partial charge in [-0.3, -0.25) is 0 Å². The Balaban J connectivity index is 1.79. The van der Waals surface area contributed by atoms with Crippen LogP contribution in [0.4, 0.5) is 5.69 Å². The van der Waals surface area contributed by atoms with Crippen molar-refractivity contribution in [2.24, 2.45) is 5.41 Å². The molecule has 3 heteroatoms. The van der Waals surface area contributed by atoms with E-state index in [-0.39, 0.29) is 5.41 Å². The largest absolute Gasteiger partial charge is 0.396 e. The maximum atomic E-state index is 9.52. The number of hydrogen-bond donors (Lipinski definition) is 2. The summed E-state index contributed by atoms with van der Waals surface area (Å²) in [4.78, 5) is 1.38. The van der Waals surface area contributed by atoms with Gasteiger partial charge in [-0.05, 0) is 42.4 Å². The molecule has 0 spiro atoms. The Morgan fingerprint density at radius 1 is 1.35 bits per heavy atom. The van der Waals surface area contributed by atoms with Gasteiger partial charge in [0.1, 0.15) is 0 Å². The van der Waals surface area contributed by atoms with Crippen molar-refractivity contribution in [3.8, 4) is 0 Å². The third kappa shape index (κ3) is 2.18. The van der Waals surface area contributed by atoms with Crippen molar-refractivity contribution in [3.63, 3.8) is 0 Å². The smallest absolute Gasteiger partial charge is 0.0490 e. The van der Waals surface area contributed by atoms with Crippen LogP contribution >= 0.6 is 11.8 Å². The minimum absolute atomic E-state index is 0.195. The lowest BCUT2D eigenvalue weighted by Crippen LogP contribution is -2.35. The molecule has 0 saturated heterocycles. The summed E-state index contributed by atoms with van der Waals surface area (Å²) in [7, 11) is 0. The quantitative estimate of drug-likeness (QED) is 0.864. The van der Waals surface area contributed by atoms with Crippen LogP contribution in [0.5, 0.6) is 0 Å². The Kier molecular flexibility index (Phi) is 3.05. The number of nitrogens with one attached hydrogen (secondary N) is 1. The van der Waals surface area contributed by atoms with Gasteiger partial charge in [-0.15, -0.1) is 11.8 Å². The molecule has 17 heavy (non-hydrogen) atoms. The third-order valence-corrected chi connectivity index (χ3v) is 5.11. The summed E-state index contributed by atoms with van der Waals surface area (Å²) in [6.07, 6.45) is 4.69. The summed E-state index contributed by atoms with van der Waals surface area (Å²) >= 11 is 1.94. The Hall–Kier alpha value is -0.670. The number of aliphatic hydroxyl groups excluding tert-OH is 1. The fraction of sp³-hybridized carbons (Fsp3) is 0.571. The average molecular weight is 249 g/mol. The summed E-state index contributed by atoms with van der Waals surface area (Å²) in [5.41, 5.74) is 2.85. The molecule has 1 fully saturated rings. The van der Waals surface area contributed by atoms with Crippen molar-refractivity contribution in [2.45, 2.75) is 30.6 Å². The van der Waals surface area contributed by atoms with Crippen LogP contribution in [0.3, 0.4) is 0 Å². The number of fused-ring (bicyclic) bond motifs is 1. The van der Waals surface area contributed by atoms with Crippen LogP contribution < -0.4 is 5.32 Å². The van der Waals surface area contributed by atoms with Gasteiger partial charge < -0.3 is 10.4 Å². The van der Waals surface area contributed by atoms with Gasteiger partial charge in [0, 0.05) is 29.5 Å². The monoisotopic (exact) mass is 249 g/mol. The Morgan fingerprint density at radius 3 is 2.94 bits per heavy atom. The summed E-state index contributed by atoms with van der Waals surface area (Å²) in [5, 5.41) is 12.9. The number of benzene rings is 1. The number of anilines is 1. The molecule has 1 aliphatic heterocycles. The fourth-order valence-electron chi connectivity index (χ4n) is 2.79. The molecule has 1 heterocycles. The van der Waals surface area contributed by atoms with Crippen molar-refractivity contribution in [2.75, 3.05) is 24.2 Å². The topological polar surface area (TPSA) is 32.3 Å². The molecule has 3 rings (SSSR count). The molecule has 0 bridgehead atoms. The number of rotatable bonds is 3. The summed E-state index contributed by atoms with van der Waals surface area (Å²) in [6, 6.07) is 6.72. The van der Waals surface area contributed by atoms with Gasteiger partial charge in [0.2, 0.25) is 0 Å². The van der Waals surface area contributed by atoms with Crippen LogP contribution in [0.15, 0.2) is 23.1 Å². The Labute approximate surface area is 107 Å². The van der Waals surface area contributed by atoms with E-state index in [1.54, 1.807) is 0 Å². The van der Waals surface area contributed by atoms with E-state index in [0.717, 1.165) is 18.7 Å². The highest BCUT2D eigenvalue weighted by atomic mass is 32.2. The number of thioether (sulfide) groups is 1. The summed E-state index contributed by atoms with van der Waals surface area (Å²) in [6.45, 7) is 1.41. The summed E-state index contributed by atoms with van der Waals surface area (Å²) < 4.78 is 0. The molecule has 2 N–H and O–H groups in total. The predicted octanol–water partition coefficient (Wildman–Crippen LogP) is 2.91. The molecular weight excluding hydrogens is 230 g/mol. The predicted molar refractivity (Wildman–Crippen MR) is 72.7 cm³/mol. The summed E-state index contributed by atoms with van der Waals surface area (Å²) in [5.74, 6) is 1.15. The molecular formula is C14H19NOS. The van der Waals surface area contributed by atoms with Gasteiger partial charge in [-0.2, -0.15) is 0 Å². The lowest BCUT2D eigenvalue weighted by Gasteiger charge is -2.40. The van der Waals surface area contributed by atoms with Crippen molar-refractivity contribution >= 4 is 17.4 Å². The van der Waals surface area contributed by atoms with Crippen molar-refractivity contribution in [1.82, 2.24) is 0 Å². The SMILES string of the molecule is OCC1(Cc2ccc3c(c2)SCCN3)CCC1. The third-order valence-electron chi connectivity index (χ3n) is 4.05. The van der Waals surface area contributed by atoms with Crippen molar-refractivity contribution in [3.05, 3.63) is 23.8 Å². The molecule has 1 saturated carbocycles. The zero-order valence-corrected chi connectivity index (χ0v) is 10.9. The maximum Gasteiger partial charge on any atom is 0.0490 e.